The zero-order valence-electron chi connectivity index (χ0n) is 15.4. The summed E-state index contributed by atoms with van der Waals surface area (Å²) in [4.78, 5) is 1.66. The maximum atomic E-state index is 7.56. The number of methoxy groups -OCH3 is 1. The standard InChI is InChI=1S/C19H33N3O/c1-7-10-13-19(4,14-11-12-17(9-3)23-6)16(8-2)15-22(5)18(20)21/h9,11-12,14-15H,3,7-8,10,13H2,1-2,4-6H3,(H3,20,21)/b14-11+,16-15+,17-12+. The van der Waals surface area contributed by atoms with Crippen LogP contribution in [0.25, 0.3) is 0 Å². The van der Waals surface area contributed by atoms with Crippen LogP contribution in [0.3, 0.4) is 0 Å². The number of allylic oxidation sites excluding steroid dienone is 5. The number of nitrogens with two attached hydrogens (primary N) is 1. The summed E-state index contributed by atoms with van der Waals surface area (Å²) in [6.45, 7) is 10.3. The van der Waals surface area contributed by atoms with Crippen molar-refractivity contribution in [2.75, 3.05) is 14.2 Å². The summed E-state index contributed by atoms with van der Waals surface area (Å²) in [6.07, 6.45) is 14.1. The summed E-state index contributed by atoms with van der Waals surface area (Å²) in [5.41, 5.74) is 6.74. The van der Waals surface area contributed by atoms with Gasteiger partial charge in [-0.2, -0.15) is 0 Å². The second kappa shape index (κ2) is 10.7. The molecule has 0 fully saturated rings. The minimum absolute atomic E-state index is 0.0472. The van der Waals surface area contributed by atoms with E-state index in [4.69, 9.17) is 15.9 Å². The normalized spacial score (nSPS) is 15.3. The number of nitrogens with one attached hydrogen (secondary N) is 1. The molecule has 0 aromatic rings. The highest BCUT2D eigenvalue weighted by Gasteiger charge is 2.24. The molecule has 0 saturated heterocycles. The molecular weight excluding hydrogens is 286 g/mol. The monoisotopic (exact) mass is 319 g/mol. The number of ether oxygens (including phenoxy) is 1. The van der Waals surface area contributed by atoms with Gasteiger partial charge in [0.1, 0.15) is 5.76 Å². The molecule has 0 aliphatic rings. The number of hydrogen-bond donors (Lipinski definition) is 2. The molecule has 130 valence electrons. The number of hydrogen-bond acceptors (Lipinski definition) is 2. The lowest BCUT2D eigenvalue weighted by molar-refractivity contribution is 0.307. The van der Waals surface area contributed by atoms with Gasteiger partial charge in [-0.15, -0.1) is 0 Å². The first-order valence-electron chi connectivity index (χ1n) is 8.18. The summed E-state index contributed by atoms with van der Waals surface area (Å²) in [6, 6.07) is 0. The number of rotatable bonds is 10. The van der Waals surface area contributed by atoms with E-state index in [1.54, 1.807) is 18.1 Å². The van der Waals surface area contributed by atoms with Gasteiger partial charge in [0, 0.05) is 18.7 Å². The highest BCUT2D eigenvalue weighted by atomic mass is 16.5. The summed E-state index contributed by atoms with van der Waals surface area (Å²) in [7, 11) is 3.44. The van der Waals surface area contributed by atoms with Crippen LogP contribution in [0.1, 0.15) is 46.5 Å². The highest BCUT2D eigenvalue weighted by molar-refractivity contribution is 5.75. The second-order valence-electron chi connectivity index (χ2n) is 5.86. The van der Waals surface area contributed by atoms with Crippen molar-refractivity contribution in [3.8, 4) is 0 Å². The fraction of sp³-hybridized carbons (Fsp3) is 0.526. The van der Waals surface area contributed by atoms with Crippen LogP contribution in [0, 0.1) is 10.8 Å². The van der Waals surface area contributed by atoms with E-state index >= 15 is 0 Å². The van der Waals surface area contributed by atoms with Crippen LogP contribution in [0.2, 0.25) is 0 Å². The molecule has 4 heteroatoms. The molecule has 0 spiro atoms. The largest absolute Gasteiger partial charge is 0.497 e. The Hall–Kier alpha value is -1.97. The van der Waals surface area contributed by atoms with Crippen molar-refractivity contribution in [2.45, 2.75) is 46.5 Å². The Labute approximate surface area is 141 Å². The molecule has 0 aromatic heterocycles. The summed E-state index contributed by atoms with van der Waals surface area (Å²) >= 11 is 0. The third-order valence-electron chi connectivity index (χ3n) is 4.06. The predicted molar refractivity (Wildman–Crippen MR) is 100 cm³/mol. The zero-order chi connectivity index (χ0) is 17.9. The van der Waals surface area contributed by atoms with Gasteiger partial charge in [-0.25, -0.2) is 0 Å². The van der Waals surface area contributed by atoms with Crippen LogP contribution in [0.5, 0.6) is 0 Å². The van der Waals surface area contributed by atoms with E-state index in [2.05, 4.69) is 33.4 Å². The summed E-state index contributed by atoms with van der Waals surface area (Å²) in [5.74, 6) is 0.785. The zero-order valence-corrected chi connectivity index (χ0v) is 15.4. The van der Waals surface area contributed by atoms with Gasteiger partial charge in [0.2, 0.25) is 0 Å². The Morgan fingerprint density at radius 2 is 2.04 bits per heavy atom. The fourth-order valence-electron chi connectivity index (χ4n) is 2.42. The maximum Gasteiger partial charge on any atom is 0.192 e. The molecule has 0 aliphatic carbocycles. The average molecular weight is 319 g/mol. The van der Waals surface area contributed by atoms with Gasteiger partial charge in [0.25, 0.3) is 0 Å². The molecule has 0 aliphatic heterocycles. The number of nitrogens with zero attached hydrogens (tertiary/aromatic N) is 1. The Bertz CT molecular complexity index is 477. The van der Waals surface area contributed by atoms with E-state index in [9.17, 15) is 0 Å². The Morgan fingerprint density at radius 1 is 1.39 bits per heavy atom. The third kappa shape index (κ3) is 7.22. The van der Waals surface area contributed by atoms with Gasteiger partial charge in [0.05, 0.1) is 7.11 Å². The van der Waals surface area contributed by atoms with Crippen molar-refractivity contribution in [2.24, 2.45) is 11.1 Å². The van der Waals surface area contributed by atoms with Gasteiger partial charge < -0.3 is 15.4 Å². The van der Waals surface area contributed by atoms with Crippen LogP contribution in [0.4, 0.5) is 0 Å². The van der Waals surface area contributed by atoms with Crippen molar-refractivity contribution in [1.82, 2.24) is 4.90 Å². The minimum Gasteiger partial charge on any atom is -0.497 e. The predicted octanol–water partition coefficient (Wildman–Crippen LogP) is 4.57. The topological polar surface area (TPSA) is 62.3 Å². The van der Waals surface area contributed by atoms with E-state index in [0.717, 1.165) is 31.4 Å². The Balaban J connectivity index is 5.59. The highest BCUT2D eigenvalue weighted by Crippen LogP contribution is 2.36. The van der Waals surface area contributed by atoms with Crippen molar-refractivity contribution in [1.29, 1.82) is 5.41 Å². The third-order valence-corrected chi connectivity index (χ3v) is 4.06. The quantitative estimate of drug-likeness (QED) is 0.268. The molecule has 0 amide bonds. The Kier molecular flexibility index (Phi) is 9.79. The molecule has 0 bridgehead atoms. The minimum atomic E-state index is -0.0784. The lowest BCUT2D eigenvalue weighted by Crippen LogP contribution is -2.30. The van der Waals surface area contributed by atoms with Gasteiger partial charge >= 0.3 is 0 Å². The van der Waals surface area contributed by atoms with Gasteiger partial charge in [-0.1, -0.05) is 52.3 Å². The molecular formula is C19H33N3O. The number of unbranched alkanes of at least 4 members (excludes halogenated alkanes) is 1. The molecule has 0 heterocycles. The van der Waals surface area contributed by atoms with Crippen LogP contribution >= 0.6 is 0 Å². The fourth-order valence-corrected chi connectivity index (χ4v) is 2.42. The lowest BCUT2D eigenvalue weighted by atomic mass is 9.76. The van der Waals surface area contributed by atoms with Crippen LogP contribution in [-0.4, -0.2) is 25.0 Å². The molecule has 0 rings (SSSR count). The van der Waals surface area contributed by atoms with Gasteiger partial charge in [0.15, 0.2) is 5.96 Å². The van der Waals surface area contributed by atoms with Crippen molar-refractivity contribution in [3.05, 3.63) is 48.4 Å². The summed E-state index contributed by atoms with van der Waals surface area (Å²) < 4.78 is 5.20. The van der Waals surface area contributed by atoms with E-state index in [1.807, 2.05) is 25.4 Å². The molecule has 4 nitrogen and oxygen atoms in total. The van der Waals surface area contributed by atoms with E-state index in [0.29, 0.717) is 0 Å². The van der Waals surface area contributed by atoms with Crippen LogP contribution in [0.15, 0.2) is 48.4 Å². The van der Waals surface area contributed by atoms with Gasteiger partial charge in [-0.3, -0.25) is 5.41 Å². The lowest BCUT2D eigenvalue weighted by Gasteiger charge is -2.30. The molecule has 1 unspecified atom stereocenters. The van der Waals surface area contributed by atoms with Gasteiger partial charge in [-0.05, 0) is 30.6 Å². The van der Waals surface area contributed by atoms with E-state index < -0.39 is 0 Å². The maximum absolute atomic E-state index is 7.56. The molecule has 3 N–H and O–H groups in total. The Morgan fingerprint density at radius 3 is 2.48 bits per heavy atom. The first-order valence-corrected chi connectivity index (χ1v) is 8.18. The SMILES string of the molecule is C=C/C(=C\C=C\C(C)(CCCC)/C(=C/N(C)C(=N)N)CC)OC. The van der Waals surface area contributed by atoms with Crippen LogP contribution < -0.4 is 5.73 Å². The smallest absolute Gasteiger partial charge is 0.192 e. The van der Waals surface area contributed by atoms with E-state index in [-0.39, 0.29) is 11.4 Å². The molecule has 0 aromatic carbocycles. The second-order valence-corrected chi connectivity index (χ2v) is 5.86. The van der Waals surface area contributed by atoms with E-state index in [1.165, 1.54) is 5.57 Å². The van der Waals surface area contributed by atoms with Crippen molar-refractivity contribution >= 4 is 5.96 Å². The van der Waals surface area contributed by atoms with Crippen molar-refractivity contribution in [3.63, 3.8) is 0 Å². The molecule has 0 saturated carbocycles. The molecule has 1 atom stereocenters. The van der Waals surface area contributed by atoms with Crippen LogP contribution in [-0.2, 0) is 4.74 Å². The summed E-state index contributed by atoms with van der Waals surface area (Å²) in [5, 5.41) is 7.56. The first-order chi connectivity index (χ1) is 10.8. The first kappa shape index (κ1) is 21.0. The molecule has 23 heavy (non-hydrogen) atoms. The van der Waals surface area contributed by atoms with Crippen molar-refractivity contribution < 1.29 is 4.74 Å². The average Bonchev–Trinajstić information content (AvgIpc) is 2.54. The molecule has 0 radical (unpaired) electrons. The number of guanidine groups is 1.